The molecule has 1 N–H and O–H groups in total. The molecule has 0 radical (unpaired) electrons. The van der Waals surface area contributed by atoms with E-state index in [1.54, 1.807) is 35.1 Å². The minimum Gasteiger partial charge on any atom is -0.266 e. The average Bonchev–Trinajstić information content (AvgIpc) is 3.25. The van der Waals surface area contributed by atoms with E-state index < -0.39 is 4.92 Å². The predicted molar refractivity (Wildman–Crippen MR) is 94.3 cm³/mol. The van der Waals surface area contributed by atoms with Gasteiger partial charge in [0.1, 0.15) is 0 Å². The van der Waals surface area contributed by atoms with Crippen LogP contribution in [0.3, 0.4) is 0 Å². The van der Waals surface area contributed by atoms with Crippen molar-refractivity contribution in [3.05, 3.63) is 74.2 Å². The molecular weight excluding hydrogens is 342 g/mol. The van der Waals surface area contributed by atoms with Crippen molar-refractivity contribution < 1.29 is 9.72 Å². The lowest BCUT2D eigenvalue weighted by molar-refractivity contribution is -0.384. The number of hydrogen-bond acceptors (Lipinski definition) is 6. The SMILES string of the molecule is Cc1nn(-c2ccc([N+](=O)[O-])cc2)cc1/C=N/NC(=O)c1cccs1. The standard InChI is InChI=1S/C16H13N5O3S/c1-11-12(9-17-18-16(22)15-3-2-8-25-15)10-20(19-11)13-4-6-14(7-5-13)21(23)24/h2-10H,1H3,(H,18,22)/b17-9+. The number of benzene rings is 1. The Morgan fingerprint density at radius 2 is 2.12 bits per heavy atom. The predicted octanol–water partition coefficient (Wildman–Crippen LogP) is 2.91. The van der Waals surface area contributed by atoms with Crippen LogP contribution in [0.2, 0.25) is 0 Å². The lowest BCUT2D eigenvalue weighted by Gasteiger charge is -1.99. The first-order valence-corrected chi connectivity index (χ1v) is 8.10. The number of amides is 1. The van der Waals surface area contributed by atoms with E-state index in [-0.39, 0.29) is 11.6 Å². The highest BCUT2D eigenvalue weighted by molar-refractivity contribution is 7.12. The van der Waals surface area contributed by atoms with Gasteiger partial charge in [0.25, 0.3) is 11.6 Å². The van der Waals surface area contributed by atoms with Crippen LogP contribution in [0.1, 0.15) is 20.9 Å². The Bertz CT molecular complexity index is 929. The zero-order valence-electron chi connectivity index (χ0n) is 13.1. The summed E-state index contributed by atoms with van der Waals surface area (Å²) in [4.78, 5) is 22.6. The number of carbonyl (C=O) groups is 1. The maximum Gasteiger partial charge on any atom is 0.281 e. The van der Waals surface area contributed by atoms with Gasteiger partial charge in [0, 0.05) is 23.9 Å². The molecule has 1 amide bonds. The molecule has 0 spiro atoms. The van der Waals surface area contributed by atoms with Crippen molar-refractivity contribution in [2.75, 3.05) is 0 Å². The number of rotatable bonds is 5. The Labute approximate surface area is 146 Å². The molecule has 1 aromatic carbocycles. The summed E-state index contributed by atoms with van der Waals surface area (Å²) >= 11 is 1.33. The van der Waals surface area contributed by atoms with Gasteiger partial charge in [-0.3, -0.25) is 14.9 Å². The fourth-order valence-corrected chi connectivity index (χ4v) is 2.70. The molecule has 0 aliphatic rings. The largest absolute Gasteiger partial charge is 0.281 e. The average molecular weight is 355 g/mol. The van der Waals surface area contributed by atoms with Crippen molar-refractivity contribution in [3.63, 3.8) is 0 Å². The van der Waals surface area contributed by atoms with E-state index in [9.17, 15) is 14.9 Å². The van der Waals surface area contributed by atoms with Crippen LogP contribution < -0.4 is 5.43 Å². The fraction of sp³-hybridized carbons (Fsp3) is 0.0625. The number of nitrogens with zero attached hydrogens (tertiary/aromatic N) is 4. The van der Waals surface area contributed by atoms with Gasteiger partial charge in [0.2, 0.25) is 0 Å². The minimum atomic E-state index is -0.452. The molecule has 3 rings (SSSR count). The van der Waals surface area contributed by atoms with Crippen molar-refractivity contribution in [2.24, 2.45) is 5.10 Å². The number of hydrazone groups is 1. The molecule has 0 bridgehead atoms. The summed E-state index contributed by atoms with van der Waals surface area (Å²) in [5.74, 6) is -0.272. The first kappa shape index (κ1) is 16.5. The third-order valence-electron chi connectivity index (χ3n) is 3.38. The number of non-ortho nitro benzene ring substituents is 1. The van der Waals surface area contributed by atoms with Gasteiger partial charge in [-0.1, -0.05) is 6.07 Å². The molecule has 2 heterocycles. The van der Waals surface area contributed by atoms with Crippen LogP contribution in [0, 0.1) is 17.0 Å². The van der Waals surface area contributed by atoms with E-state index in [0.29, 0.717) is 16.3 Å². The van der Waals surface area contributed by atoms with Gasteiger partial charge in [0.05, 0.1) is 27.4 Å². The second-order valence-electron chi connectivity index (χ2n) is 5.06. The highest BCUT2D eigenvalue weighted by Gasteiger charge is 2.08. The van der Waals surface area contributed by atoms with E-state index in [1.165, 1.54) is 29.7 Å². The fourth-order valence-electron chi connectivity index (χ4n) is 2.08. The Morgan fingerprint density at radius 1 is 1.36 bits per heavy atom. The van der Waals surface area contributed by atoms with Gasteiger partial charge in [0.15, 0.2) is 0 Å². The quantitative estimate of drug-likeness (QED) is 0.432. The van der Waals surface area contributed by atoms with Crippen LogP contribution in [0.4, 0.5) is 5.69 Å². The minimum absolute atomic E-state index is 0.0192. The van der Waals surface area contributed by atoms with Crippen LogP contribution in [0.25, 0.3) is 5.69 Å². The zero-order valence-corrected chi connectivity index (χ0v) is 13.9. The molecule has 2 aromatic heterocycles. The monoisotopic (exact) mass is 355 g/mol. The topological polar surface area (TPSA) is 102 Å². The first-order valence-electron chi connectivity index (χ1n) is 7.22. The molecular formula is C16H13N5O3S. The van der Waals surface area contributed by atoms with Gasteiger partial charge in [-0.15, -0.1) is 11.3 Å². The summed E-state index contributed by atoms with van der Waals surface area (Å²) < 4.78 is 1.60. The molecule has 3 aromatic rings. The van der Waals surface area contributed by atoms with Crippen LogP contribution in [0.15, 0.2) is 53.1 Å². The van der Waals surface area contributed by atoms with Crippen molar-refractivity contribution >= 4 is 29.1 Å². The van der Waals surface area contributed by atoms with Crippen LogP contribution >= 0.6 is 11.3 Å². The summed E-state index contributed by atoms with van der Waals surface area (Å²) in [5.41, 5.74) is 4.61. The highest BCUT2D eigenvalue weighted by Crippen LogP contribution is 2.16. The summed E-state index contributed by atoms with van der Waals surface area (Å²) in [6, 6.07) is 9.58. The zero-order chi connectivity index (χ0) is 17.8. The molecule has 0 aliphatic carbocycles. The number of carbonyl (C=O) groups excluding carboxylic acids is 1. The summed E-state index contributed by atoms with van der Waals surface area (Å²) in [5, 5.41) is 20.8. The smallest absolute Gasteiger partial charge is 0.266 e. The molecule has 0 atom stereocenters. The Balaban J connectivity index is 1.72. The van der Waals surface area contributed by atoms with E-state index in [0.717, 1.165) is 5.56 Å². The second kappa shape index (κ2) is 7.05. The first-order chi connectivity index (χ1) is 12.0. The second-order valence-corrected chi connectivity index (χ2v) is 6.01. The third kappa shape index (κ3) is 3.78. The molecule has 0 unspecified atom stereocenters. The maximum atomic E-state index is 11.8. The van der Waals surface area contributed by atoms with Crippen LogP contribution in [0.5, 0.6) is 0 Å². The number of nitro groups is 1. The van der Waals surface area contributed by atoms with Crippen molar-refractivity contribution in [1.82, 2.24) is 15.2 Å². The number of aromatic nitrogens is 2. The van der Waals surface area contributed by atoms with Gasteiger partial charge >= 0.3 is 0 Å². The third-order valence-corrected chi connectivity index (χ3v) is 4.25. The van der Waals surface area contributed by atoms with Gasteiger partial charge < -0.3 is 0 Å². The van der Waals surface area contributed by atoms with Gasteiger partial charge in [-0.2, -0.15) is 10.2 Å². The molecule has 9 heteroatoms. The molecule has 8 nitrogen and oxygen atoms in total. The van der Waals surface area contributed by atoms with E-state index in [1.807, 2.05) is 12.3 Å². The molecule has 126 valence electrons. The maximum absolute atomic E-state index is 11.8. The molecule has 25 heavy (non-hydrogen) atoms. The van der Waals surface area contributed by atoms with Gasteiger partial charge in [-0.05, 0) is 30.5 Å². The number of nitro benzene ring substituents is 1. The molecule has 0 aliphatic heterocycles. The number of hydrogen-bond donors (Lipinski definition) is 1. The van der Waals surface area contributed by atoms with Gasteiger partial charge in [-0.25, -0.2) is 10.1 Å². The lowest BCUT2D eigenvalue weighted by Crippen LogP contribution is -2.16. The number of aryl methyl sites for hydroxylation is 1. The van der Waals surface area contributed by atoms with Crippen molar-refractivity contribution in [3.8, 4) is 5.69 Å². The normalized spacial score (nSPS) is 10.9. The van der Waals surface area contributed by atoms with Crippen molar-refractivity contribution in [2.45, 2.75) is 6.92 Å². The summed E-state index contributed by atoms with van der Waals surface area (Å²) in [6.07, 6.45) is 3.24. The van der Waals surface area contributed by atoms with E-state index in [4.69, 9.17) is 0 Å². The molecule has 0 fully saturated rings. The summed E-state index contributed by atoms with van der Waals surface area (Å²) in [7, 11) is 0. The number of nitrogens with one attached hydrogen (secondary N) is 1. The van der Waals surface area contributed by atoms with E-state index >= 15 is 0 Å². The highest BCUT2D eigenvalue weighted by atomic mass is 32.1. The molecule has 0 saturated heterocycles. The van der Waals surface area contributed by atoms with Crippen LogP contribution in [-0.2, 0) is 0 Å². The van der Waals surface area contributed by atoms with E-state index in [2.05, 4.69) is 15.6 Å². The summed E-state index contributed by atoms with van der Waals surface area (Å²) in [6.45, 7) is 1.81. The lowest BCUT2D eigenvalue weighted by atomic mass is 10.3. The number of thiophene rings is 1. The van der Waals surface area contributed by atoms with Crippen LogP contribution in [-0.4, -0.2) is 26.8 Å². The Morgan fingerprint density at radius 3 is 2.76 bits per heavy atom. The van der Waals surface area contributed by atoms with Crippen molar-refractivity contribution in [1.29, 1.82) is 0 Å². The molecule has 0 saturated carbocycles. The Kier molecular flexibility index (Phi) is 4.66. The Hall–Kier alpha value is -3.33.